The molecule has 18 heavy (non-hydrogen) atoms. The maximum absolute atomic E-state index is 10.7. The summed E-state index contributed by atoms with van der Waals surface area (Å²) in [4.78, 5) is 10.7. The van der Waals surface area contributed by atoms with Crippen molar-refractivity contribution in [3.05, 3.63) is 23.8 Å². The number of rotatable bonds is 7. The summed E-state index contributed by atoms with van der Waals surface area (Å²) in [6, 6.07) is 5.89. The molecular formula is C14H21NO3. The molecule has 0 atom stereocenters. The van der Waals surface area contributed by atoms with Crippen LogP contribution in [0.2, 0.25) is 0 Å². The van der Waals surface area contributed by atoms with Crippen molar-refractivity contribution < 1.29 is 14.3 Å². The van der Waals surface area contributed by atoms with Gasteiger partial charge in [0.05, 0.1) is 13.7 Å². The van der Waals surface area contributed by atoms with Crippen LogP contribution >= 0.6 is 0 Å². The zero-order valence-corrected chi connectivity index (χ0v) is 11.3. The molecule has 0 aliphatic rings. The smallest absolute Gasteiger partial charge is 0.216 e. The Labute approximate surface area is 108 Å². The van der Waals surface area contributed by atoms with E-state index >= 15 is 0 Å². The number of amides is 1. The first-order chi connectivity index (χ1) is 8.65. The maximum Gasteiger partial charge on any atom is 0.216 e. The number of nitrogens with one attached hydrogen (secondary N) is 1. The largest absolute Gasteiger partial charge is 0.497 e. The van der Waals surface area contributed by atoms with Crippen molar-refractivity contribution >= 4 is 5.91 Å². The van der Waals surface area contributed by atoms with E-state index in [0.717, 1.165) is 24.3 Å². The maximum atomic E-state index is 10.7. The SMILES string of the molecule is CCc1cc(OC)cc(OCCCNC(C)=O)c1. The van der Waals surface area contributed by atoms with E-state index in [4.69, 9.17) is 9.47 Å². The number of benzene rings is 1. The fourth-order valence-electron chi connectivity index (χ4n) is 1.56. The van der Waals surface area contributed by atoms with E-state index in [0.29, 0.717) is 13.2 Å². The highest BCUT2D eigenvalue weighted by molar-refractivity contribution is 5.72. The summed E-state index contributed by atoms with van der Waals surface area (Å²) in [5.41, 5.74) is 1.19. The van der Waals surface area contributed by atoms with Gasteiger partial charge in [-0.25, -0.2) is 0 Å². The van der Waals surface area contributed by atoms with E-state index in [9.17, 15) is 4.79 Å². The second-order valence-corrected chi connectivity index (χ2v) is 4.06. The fraction of sp³-hybridized carbons (Fsp3) is 0.500. The van der Waals surface area contributed by atoms with Gasteiger partial charge in [0.2, 0.25) is 5.91 Å². The zero-order valence-electron chi connectivity index (χ0n) is 11.3. The molecule has 0 saturated carbocycles. The van der Waals surface area contributed by atoms with Crippen LogP contribution in [0.5, 0.6) is 11.5 Å². The lowest BCUT2D eigenvalue weighted by Crippen LogP contribution is -2.22. The Morgan fingerprint density at radius 3 is 2.61 bits per heavy atom. The van der Waals surface area contributed by atoms with Crippen molar-refractivity contribution in [1.82, 2.24) is 5.32 Å². The first-order valence-corrected chi connectivity index (χ1v) is 6.21. The molecule has 0 heterocycles. The summed E-state index contributed by atoms with van der Waals surface area (Å²) in [6.07, 6.45) is 1.73. The Morgan fingerprint density at radius 2 is 2.00 bits per heavy atom. The molecule has 4 heteroatoms. The van der Waals surface area contributed by atoms with Gasteiger partial charge in [-0.1, -0.05) is 6.92 Å². The number of carbonyl (C=O) groups is 1. The molecule has 4 nitrogen and oxygen atoms in total. The predicted octanol–water partition coefficient (Wildman–Crippen LogP) is 2.16. The summed E-state index contributed by atoms with van der Waals surface area (Å²) in [7, 11) is 1.65. The Balaban J connectivity index is 2.43. The molecule has 1 aromatic rings. The number of aryl methyl sites for hydroxylation is 1. The topological polar surface area (TPSA) is 47.6 Å². The van der Waals surface area contributed by atoms with E-state index in [1.165, 1.54) is 12.5 Å². The van der Waals surface area contributed by atoms with Crippen LogP contribution < -0.4 is 14.8 Å². The molecule has 0 radical (unpaired) electrons. The van der Waals surface area contributed by atoms with Crippen molar-refractivity contribution in [3.8, 4) is 11.5 Å². The molecular weight excluding hydrogens is 230 g/mol. The highest BCUT2D eigenvalue weighted by atomic mass is 16.5. The van der Waals surface area contributed by atoms with Gasteiger partial charge in [0.1, 0.15) is 11.5 Å². The lowest BCUT2D eigenvalue weighted by atomic mass is 10.1. The molecule has 0 aliphatic heterocycles. The lowest BCUT2D eigenvalue weighted by molar-refractivity contribution is -0.118. The average Bonchev–Trinajstić information content (AvgIpc) is 2.37. The van der Waals surface area contributed by atoms with E-state index in [1.807, 2.05) is 18.2 Å². The Bertz CT molecular complexity index is 368. The number of carbonyl (C=O) groups excluding carboxylic acids is 1. The van der Waals surface area contributed by atoms with Crippen molar-refractivity contribution in [2.45, 2.75) is 26.7 Å². The van der Waals surface area contributed by atoms with Gasteiger partial charge >= 0.3 is 0 Å². The van der Waals surface area contributed by atoms with E-state index in [-0.39, 0.29) is 5.91 Å². The van der Waals surface area contributed by atoms with E-state index in [1.54, 1.807) is 7.11 Å². The van der Waals surface area contributed by atoms with Gasteiger partial charge < -0.3 is 14.8 Å². The summed E-state index contributed by atoms with van der Waals surface area (Å²) in [5, 5.41) is 2.73. The molecule has 1 rings (SSSR count). The van der Waals surface area contributed by atoms with Gasteiger partial charge in [0, 0.05) is 19.5 Å². The third kappa shape index (κ3) is 5.08. The molecule has 0 aliphatic carbocycles. The molecule has 1 N–H and O–H groups in total. The van der Waals surface area contributed by atoms with Crippen LogP contribution in [0.15, 0.2) is 18.2 Å². The second kappa shape index (κ2) is 7.58. The van der Waals surface area contributed by atoms with Crippen molar-refractivity contribution in [2.75, 3.05) is 20.3 Å². The third-order valence-electron chi connectivity index (χ3n) is 2.55. The Kier molecular flexibility index (Phi) is 6.05. The second-order valence-electron chi connectivity index (χ2n) is 4.06. The molecule has 1 aromatic carbocycles. The van der Waals surface area contributed by atoms with Crippen LogP contribution in [-0.4, -0.2) is 26.2 Å². The highest BCUT2D eigenvalue weighted by Gasteiger charge is 2.01. The van der Waals surface area contributed by atoms with Crippen molar-refractivity contribution in [2.24, 2.45) is 0 Å². The van der Waals surface area contributed by atoms with Gasteiger partial charge in [-0.2, -0.15) is 0 Å². The van der Waals surface area contributed by atoms with Crippen LogP contribution in [-0.2, 0) is 11.2 Å². The van der Waals surface area contributed by atoms with Crippen LogP contribution in [0.3, 0.4) is 0 Å². The van der Waals surface area contributed by atoms with E-state index in [2.05, 4.69) is 12.2 Å². The highest BCUT2D eigenvalue weighted by Crippen LogP contribution is 2.23. The standard InChI is InChI=1S/C14H21NO3/c1-4-12-8-13(17-3)10-14(9-12)18-7-5-6-15-11(2)16/h8-10H,4-7H2,1-3H3,(H,15,16). The Morgan fingerprint density at radius 1 is 1.28 bits per heavy atom. The number of methoxy groups -OCH3 is 1. The molecule has 0 spiro atoms. The summed E-state index contributed by atoms with van der Waals surface area (Å²) >= 11 is 0. The van der Waals surface area contributed by atoms with Crippen molar-refractivity contribution in [1.29, 1.82) is 0 Å². The number of hydrogen-bond donors (Lipinski definition) is 1. The monoisotopic (exact) mass is 251 g/mol. The quantitative estimate of drug-likeness (QED) is 0.755. The lowest BCUT2D eigenvalue weighted by Gasteiger charge is -2.10. The first-order valence-electron chi connectivity index (χ1n) is 6.21. The van der Waals surface area contributed by atoms with Gasteiger partial charge in [0.25, 0.3) is 0 Å². The fourth-order valence-corrected chi connectivity index (χ4v) is 1.56. The Hall–Kier alpha value is -1.71. The normalized spacial score (nSPS) is 9.94. The van der Waals surface area contributed by atoms with E-state index < -0.39 is 0 Å². The minimum Gasteiger partial charge on any atom is -0.497 e. The summed E-state index contributed by atoms with van der Waals surface area (Å²) in [5.74, 6) is 1.62. The molecule has 0 fully saturated rings. The van der Waals surface area contributed by atoms with Crippen LogP contribution in [0.25, 0.3) is 0 Å². The number of hydrogen-bond acceptors (Lipinski definition) is 3. The van der Waals surface area contributed by atoms with Gasteiger partial charge in [-0.3, -0.25) is 4.79 Å². The average molecular weight is 251 g/mol. The van der Waals surface area contributed by atoms with Crippen LogP contribution in [0, 0.1) is 0 Å². The van der Waals surface area contributed by atoms with Gasteiger partial charge in [-0.05, 0) is 30.5 Å². The third-order valence-corrected chi connectivity index (χ3v) is 2.55. The minimum absolute atomic E-state index is 0.00958. The molecule has 1 amide bonds. The molecule has 0 saturated heterocycles. The molecule has 0 unspecified atom stereocenters. The summed E-state index contributed by atoms with van der Waals surface area (Å²) in [6.45, 7) is 4.82. The minimum atomic E-state index is -0.00958. The van der Waals surface area contributed by atoms with Gasteiger partial charge in [0.15, 0.2) is 0 Å². The van der Waals surface area contributed by atoms with Crippen LogP contribution in [0.4, 0.5) is 0 Å². The van der Waals surface area contributed by atoms with Gasteiger partial charge in [-0.15, -0.1) is 0 Å². The molecule has 0 bridgehead atoms. The predicted molar refractivity (Wildman–Crippen MR) is 71.2 cm³/mol. The molecule has 100 valence electrons. The summed E-state index contributed by atoms with van der Waals surface area (Å²) < 4.78 is 10.9. The molecule has 0 aromatic heterocycles. The van der Waals surface area contributed by atoms with Crippen molar-refractivity contribution in [3.63, 3.8) is 0 Å². The zero-order chi connectivity index (χ0) is 13.4. The number of ether oxygens (including phenoxy) is 2. The van der Waals surface area contributed by atoms with Crippen LogP contribution in [0.1, 0.15) is 25.8 Å². The first kappa shape index (κ1) is 14.4.